The zero-order chi connectivity index (χ0) is 12.3. The van der Waals surface area contributed by atoms with Crippen LogP contribution in [-0.4, -0.2) is 17.8 Å². The highest BCUT2D eigenvalue weighted by Gasteiger charge is 2.01. The number of rotatable bonds is 8. The molecule has 0 saturated heterocycles. The van der Waals surface area contributed by atoms with Crippen LogP contribution in [0, 0.1) is 12.3 Å². The largest absolute Gasteiger partial charge is 0.392 e. The lowest BCUT2D eigenvalue weighted by Crippen LogP contribution is -2.05. The molecule has 0 heterocycles. The number of ether oxygens (including phenoxy) is 1. The van der Waals surface area contributed by atoms with E-state index in [0.717, 1.165) is 25.9 Å². The summed E-state index contributed by atoms with van der Waals surface area (Å²) in [5.74, 6) is 2.46. The summed E-state index contributed by atoms with van der Waals surface area (Å²) in [5.41, 5.74) is 1.19. The molecule has 1 aromatic rings. The molecular formula is C15H20O2. The van der Waals surface area contributed by atoms with Crippen molar-refractivity contribution < 1.29 is 9.84 Å². The molecule has 1 N–H and O–H groups in total. The molecule has 0 radical (unpaired) electrons. The summed E-state index contributed by atoms with van der Waals surface area (Å²) >= 11 is 0. The quantitative estimate of drug-likeness (QED) is 0.551. The monoisotopic (exact) mass is 232 g/mol. The predicted molar refractivity (Wildman–Crippen MR) is 69.4 cm³/mol. The van der Waals surface area contributed by atoms with E-state index < -0.39 is 0 Å². The van der Waals surface area contributed by atoms with Crippen LogP contribution >= 0.6 is 0 Å². The lowest BCUT2D eigenvalue weighted by atomic mass is 10.1. The molecule has 0 amide bonds. The minimum Gasteiger partial charge on any atom is -0.392 e. The minimum absolute atomic E-state index is 0.353. The van der Waals surface area contributed by atoms with Crippen LogP contribution < -0.4 is 0 Å². The third kappa shape index (κ3) is 6.78. The highest BCUT2D eigenvalue weighted by Crippen LogP contribution is 2.05. The summed E-state index contributed by atoms with van der Waals surface area (Å²) in [6, 6.07) is 10.1. The van der Waals surface area contributed by atoms with Gasteiger partial charge in [0.15, 0.2) is 0 Å². The van der Waals surface area contributed by atoms with Gasteiger partial charge in [-0.25, -0.2) is 0 Å². The number of unbranched alkanes of at least 4 members (excludes halogenated alkanes) is 1. The third-order valence-electron chi connectivity index (χ3n) is 2.54. The Morgan fingerprint density at radius 2 is 2.00 bits per heavy atom. The molecule has 0 aliphatic heterocycles. The molecule has 92 valence electrons. The third-order valence-corrected chi connectivity index (χ3v) is 2.54. The normalized spacial score (nSPS) is 12.0. The Morgan fingerprint density at radius 3 is 2.71 bits per heavy atom. The fourth-order valence-electron chi connectivity index (χ4n) is 1.59. The Labute approximate surface area is 104 Å². The summed E-state index contributed by atoms with van der Waals surface area (Å²) < 4.78 is 5.54. The second kappa shape index (κ2) is 8.81. The van der Waals surface area contributed by atoms with E-state index in [2.05, 4.69) is 18.1 Å². The first-order chi connectivity index (χ1) is 8.33. The number of benzene rings is 1. The Balaban J connectivity index is 1.97. The minimum atomic E-state index is -0.353. The van der Waals surface area contributed by atoms with Crippen molar-refractivity contribution in [2.24, 2.45) is 0 Å². The van der Waals surface area contributed by atoms with E-state index in [4.69, 9.17) is 11.2 Å². The van der Waals surface area contributed by atoms with Crippen LogP contribution in [0.2, 0.25) is 0 Å². The van der Waals surface area contributed by atoms with Crippen LogP contribution in [0.5, 0.6) is 0 Å². The molecule has 0 aromatic heterocycles. The Hall–Kier alpha value is -1.30. The van der Waals surface area contributed by atoms with Gasteiger partial charge in [0.1, 0.15) is 0 Å². The molecule has 1 aromatic carbocycles. The molecule has 17 heavy (non-hydrogen) atoms. The zero-order valence-electron chi connectivity index (χ0n) is 10.1. The fourth-order valence-corrected chi connectivity index (χ4v) is 1.59. The average molecular weight is 232 g/mol. The van der Waals surface area contributed by atoms with Crippen LogP contribution in [0.4, 0.5) is 0 Å². The summed E-state index contributed by atoms with van der Waals surface area (Å²) in [4.78, 5) is 0. The Kier molecular flexibility index (Phi) is 7.13. The van der Waals surface area contributed by atoms with Gasteiger partial charge < -0.3 is 9.84 Å². The number of hydrogen-bond donors (Lipinski definition) is 1. The molecular weight excluding hydrogens is 212 g/mol. The summed E-state index contributed by atoms with van der Waals surface area (Å²) in [6.07, 6.45) is 7.89. The lowest BCUT2D eigenvalue weighted by Gasteiger charge is -2.07. The van der Waals surface area contributed by atoms with Crippen LogP contribution in [0.15, 0.2) is 30.3 Å². The molecule has 1 unspecified atom stereocenters. The maximum Gasteiger partial charge on any atom is 0.0716 e. The molecule has 0 aliphatic carbocycles. The molecule has 2 nitrogen and oxygen atoms in total. The lowest BCUT2D eigenvalue weighted by molar-refractivity contribution is 0.110. The van der Waals surface area contributed by atoms with Gasteiger partial charge in [-0.05, 0) is 24.8 Å². The van der Waals surface area contributed by atoms with Gasteiger partial charge in [0.25, 0.3) is 0 Å². The average Bonchev–Trinajstić information content (AvgIpc) is 2.35. The molecule has 2 heteroatoms. The second-order valence-corrected chi connectivity index (χ2v) is 4.10. The Morgan fingerprint density at radius 1 is 1.24 bits per heavy atom. The number of terminal acetylenes is 1. The first kappa shape index (κ1) is 13.8. The molecule has 1 atom stereocenters. The SMILES string of the molecule is C#CCC(O)CCCCOCc1ccccc1. The maximum absolute atomic E-state index is 9.40. The van der Waals surface area contributed by atoms with E-state index in [0.29, 0.717) is 13.0 Å². The first-order valence-electron chi connectivity index (χ1n) is 6.06. The van der Waals surface area contributed by atoms with Crippen molar-refractivity contribution >= 4 is 0 Å². The Bertz CT molecular complexity index is 327. The van der Waals surface area contributed by atoms with Gasteiger partial charge in [0.2, 0.25) is 0 Å². The van der Waals surface area contributed by atoms with Gasteiger partial charge in [-0.1, -0.05) is 30.3 Å². The smallest absolute Gasteiger partial charge is 0.0716 e. The fraction of sp³-hybridized carbons (Fsp3) is 0.467. The highest BCUT2D eigenvalue weighted by atomic mass is 16.5. The molecule has 0 saturated carbocycles. The molecule has 0 bridgehead atoms. The summed E-state index contributed by atoms with van der Waals surface area (Å²) in [5, 5.41) is 9.40. The first-order valence-corrected chi connectivity index (χ1v) is 6.06. The van der Waals surface area contributed by atoms with Gasteiger partial charge in [-0.2, -0.15) is 0 Å². The van der Waals surface area contributed by atoms with E-state index in [9.17, 15) is 5.11 Å². The molecule has 0 spiro atoms. The number of hydrogen-bond acceptors (Lipinski definition) is 2. The van der Waals surface area contributed by atoms with E-state index in [1.807, 2.05) is 18.2 Å². The maximum atomic E-state index is 9.40. The van der Waals surface area contributed by atoms with Crippen LogP contribution in [-0.2, 0) is 11.3 Å². The van der Waals surface area contributed by atoms with Gasteiger partial charge in [-0.3, -0.25) is 0 Å². The van der Waals surface area contributed by atoms with Crippen LogP contribution in [0.1, 0.15) is 31.2 Å². The van der Waals surface area contributed by atoms with Crippen molar-refractivity contribution in [3.8, 4) is 12.3 Å². The van der Waals surface area contributed by atoms with Crippen molar-refractivity contribution in [3.63, 3.8) is 0 Å². The number of aliphatic hydroxyl groups excluding tert-OH is 1. The highest BCUT2D eigenvalue weighted by molar-refractivity contribution is 5.13. The van der Waals surface area contributed by atoms with Gasteiger partial charge >= 0.3 is 0 Å². The van der Waals surface area contributed by atoms with Crippen LogP contribution in [0.3, 0.4) is 0 Å². The van der Waals surface area contributed by atoms with Crippen molar-refractivity contribution in [1.29, 1.82) is 0 Å². The second-order valence-electron chi connectivity index (χ2n) is 4.10. The zero-order valence-corrected chi connectivity index (χ0v) is 10.1. The standard InChI is InChI=1S/C15H20O2/c1-2-8-15(16)11-6-7-12-17-13-14-9-4-3-5-10-14/h1,3-5,9-10,15-16H,6-8,11-13H2. The van der Waals surface area contributed by atoms with Crippen molar-refractivity contribution in [2.75, 3.05) is 6.61 Å². The van der Waals surface area contributed by atoms with E-state index in [1.165, 1.54) is 5.56 Å². The van der Waals surface area contributed by atoms with Crippen molar-refractivity contribution in [3.05, 3.63) is 35.9 Å². The predicted octanol–water partition coefficient (Wildman–Crippen LogP) is 2.76. The molecule has 0 fully saturated rings. The van der Waals surface area contributed by atoms with Gasteiger partial charge in [0, 0.05) is 13.0 Å². The summed E-state index contributed by atoms with van der Waals surface area (Å²) in [6.45, 7) is 1.39. The van der Waals surface area contributed by atoms with Gasteiger partial charge in [0.05, 0.1) is 12.7 Å². The van der Waals surface area contributed by atoms with E-state index in [1.54, 1.807) is 0 Å². The van der Waals surface area contributed by atoms with E-state index in [-0.39, 0.29) is 6.10 Å². The summed E-state index contributed by atoms with van der Waals surface area (Å²) in [7, 11) is 0. The van der Waals surface area contributed by atoms with Crippen molar-refractivity contribution in [2.45, 2.75) is 38.4 Å². The van der Waals surface area contributed by atoms with E-state index >= 15 is 0 Å². The molecule has 0 aliphatic rings. The van der Waals surface area contributed by atoms with Crippen LogP contribution in [0.25, 0.3) is 0 Å². The number of aliphatic hydroxyl groups is 1. The molecule has 1 rings (SSSR count). The van der Waals surface area contributed by atoms with Gasteiger partial charge in [-0.15, -0.1) is 12.3 Å². The topological polar surface area (TPSA) is 29.5 Å². The van der Waals surface area contributed by atoms with Crippen molar-refractivity contribution in [1.82, 2.24) is 0 Å².